The highest BCUT2D eigenvalue weighted by molar-refractivity contribution is 7.98. The fourth-order valence-corrected chi connectivity index (χ4v) is 2.28. The molecule has 0 fully saturated rings. The molecule has 0 unspecified atom stereocenters. The zero-order valence-corrected chi connectivity index (χ0v) is 13.1. The zero-order chi connectivity index (χ0) is 15.2. The molecule has 1 aromatic heterocycles. The lowest BCUT2D eigenvalue weighted by Crippen LogP contribution is -2.24. The van der Waals surface area contributed by atoms with Crippen molar-refractivity contribution in [1.29, 1.82) is 0 Å². The summed E-state index contributed by atoms with van der Waals surface area (Å²) >= 11 is 1.69. The molecule has 6 heteroatoms. The number of thioether (sulfide) groups is 1. The average Bonchev–Trinajstić information content (AvgIpc) is 2.77. The summed E-state index contributed by atoms with van der Waals surface area (Å²) in [5.74, 6) is -0.196. The van der Waals surface area contributed by atoms with Crippen molar-refractivity contribution in [3.63, 3.8) is 0 Å². The first-order chi connectivity index (χ1) is 10.1. The number of aromatic nitrogens is 2. The summed E-state index contributed by atoms with van der Waals surface area (Å²) in [7, 11) is 0. The van der Waals surface area contributed by atoms with Gasteiger partial charge < -0.3 is 0 Å². The third-order valence-corrected chi connectivity index (χ3v) is 3.66. The Morgan fingerprint density at radius 3 is 2.67 bits per heavy atom. The second-order valence-corrected chi connectivity index (χ2v) is 5.53. The summed E-state index contributed by atoms with van der Waals surface area (Å²) in [5.41, 5.74) is 5.31. The van der Waals surface area contributed by atoms with E-state index in [1.54, 1.807) is 22.7 Å². The smallest absolute Gasteiger partial charge is 0.261 e. The van der Waals surface area contributed by atoms with E-state index in [4.69, 9.17) is 0 Å². The Balaban J connectivity index is 1.88. The van der Waals surface area contributed by atoms with Crippen LogP contribution in [0.5, 0.6) is 0 Å². The maximum Gasteiger partial charge on any atom is 0.261 e. The molecule has 21 heavy (non-hydrogen) atoms. The number of hydrazone groups is 1. The molecular formula is C15H18N4OS. The predicted octanol–water partition coefficient (Wildman–Crippen LogP) is 2.37. The summed E-state index contributed by atoms with van der Waals surface area (Å²) in [6, 6.07) is 9.89. The van der Waals surface area contributed by atoms with Gasteiger partial charge in [0.15, 0.2) is 0 Å². The van der Waals surface area contributed by atoms with Gasteiger partial charge in [0.2, 0.25) is 0 Å². The normalized spacial score (nSPS) is 11.0. The number of hydrogen-bond donors (Lipinski definition) is 1. The predicted molar refractivity (Wildman–Crippen MR) is 85.7 cm³/mol. The molecule has 0 aliphatic rings. The third kappa shape index (κ3) is 4.46. The summed E-state index contributed by atoms with van der Waals surface area (Å²) in [6.07, 6.45) is 3.66. The molecule has 110 valence electrons. The van der Waals surface area contributed by atoms with Crippen LogP contribution in [-0.4, -0.2) is 28.2 Å². The number of carbonyl (C=O) groups is 1. The Labute approximate surface area is 128 Å². The van der Waals surface area contributed by atoms with Gasteiger partial charge in [-0.05, 0) is 43.9 Å². The van der Waals surface area contributed by atoms with Gasteiger partial charge in [0.25, 0.3) is 5.91 Å². The van der Waals surface area contributed by atoms with E-state index in [1.807, 2.05) is 50.4 Å². The van der Waals surface area contributed by atoms with Gasteiger partial charge in [0.05, 0.1) is 11.9 Å². The maximum absolute atomic E-state index is 11.8. The van der Waals surface area contributed by atoms with Crippen molar-refractivity contribution in [3.05, 3.63) is 47.3 Å². The fourth-order valence-electron chi connectivity index (χ4n) is 1.88. The quantitative estimate of drug-likeness (QED) is 0.524. The number of carbonyl (C=O) groups excluding carboxylic acids is 1. The molecule has 0 saturated carbocycles. The lowest BCUT2D eigenvalue weighted by Gasteiger charge is -2.02. The van der Waals surface area contributed by atoms with E-state index < -0.39 is 0 Å². The van der Waals surface area contributed by atoms with Crippen molar-refractivity contribution in [3.8, 4) is 0 Å². The molecule has 2 rings (SSSR count). The number of nitrogens with zero attached hydrogens (tertiary/aromatic N) is 3. The molecule has 1 amide bonds. The first kappa shape index (κ1) is 15.3. The van der Waals surface area contributed by atoms with Crippen LogP contribution in [0.2, 0.25) is 0 Å². The van der Waals surface area contributed by atoms with Crippen LogP contribution in [0.25, 0.3) is 0 Å². The monoisotopic (exact) mass is 302 g/mol. The first-order valence-corrected chi connectivity index (χ1v) is 7.78. The van der Waals surface area contributed by atoms with Crippen molar-refractivity contribution < 1.29 is 4.79 Å². The van der Waals surface area contributed by atoms with Crippen LogP contribution in [0.3, 0.4) is 0 Å². The molecule has 0 aliphatic heterocycles. The highest BCUT2D eigenvalue weighted by atomic mass is 32.2. The minimum absolute atomic E-state index is 0.169. The SMILES string of the molecule is CSc1ccc(/C=N/NC(=O)Cn2nc(C)cc2C)cc1. The molecule has 0 saturated heterocycles. The molecule has 0 atom stereocenters. The van der Waals surface area contributed by atoms with Crippen LogP contribution in [0.4, 0.5) is 0 Å². The Morgan fingerprint density at radius 1 is 1.38 bits per heavy atom. The van der Waals surface area contributed by atoms with Gasteiger partial charge >= 0.3 is 0 Å². The number of aryl methyl sites for hydroxylation is 2. The standard InChI is InChI=1S/C15H18N4OS/c1-11-8-12(2)19(18-11)10-15(20)17-16-9-13-4-6-14(21-3)7-5-13/h4-9H,10H2,1-3H3,(H,17,20)/b16-9+. The molecular weight excluding hydrogens is 284 g/mol. The van der Waals surface area contributed by atoms with Crippen LogP contribution in [-0.2, 0) is 11.3 Å². The Hall–Kier alpha value is -2.08. The minimum Gasteiger partial charge on any atom is -0.271 e. The van der Waals surface area contributed by atoms with E-state index in [1.165, 1.54) is 4.90 Å². The average molecular weight is 302 g/mol. The van der Waals surface area contributed by atoms with Crippen LogP contribution >= 0.6 is 11.8 Å². The molecule has 1 heterocycles. The number of nitrogens with one attached hydrogen (secondary N) is 1. The van der Waals surface area contributed by atoms with E-state index in [0.717, 1.165) is 17.0 Å². The minimum atomic E-state index is -0.196. The molecule has 1 aromatic carbocycles. The van der Waals surface area contributed by atoms with E-state index in [0.29, 0.717) is 0 Å². The fraction of sp³-hybridized carbons (Fsp3) is 0.267. The molecule has 2 aromatic rings. The lowest BCUT2D eigenvalue weighted by atomic mass is 10.2. The van der Waals surface area contributed by atoms with E-state index in [-0.39, 0.29) is 12.5 Å². The van der Waals surface area contributed by atoms with Gasteiger partial charge in [-0.2, -0.15) is 10.2 Å². The molecule has 0 bridgehead atoms. The van der Waals surface area contributed by atoms with Crippen LogP contribution in [0.1, 0.15) is 17.0 Å². The summed E-state index contributed by atoms with van der Waals surface area (Å²) in [6.45, 7) is 3.99. The summed E-state index contributed by atoms with van der Waals surface area (Å²) in [5, 5.41) is 8.19. The van der Waals surface area contributed by atoms with Crippen LogP contribution in [0, 0.1) is 13.8 Å². The Bertz CT molecular complexity index is 646. The summed E-state index contributed by atoms with van der Waals surface area (Å²) < 4.78 is 1.66. The van der Waals surface area contributed by atoms with Gasteiger partial charge in [-0.15, -0.1) is 11.8 Å². The zero-order valence-electron chi connectivity index (χ0n) is 12.3. The largest absolute Gasteiger partial charge is 0.271 e. The van der Waals surface area contributed by atoms with E-state index >= 15 is 0 Å². The number of benzene rings is 1. The highest BCUT2D eigenvalue weighted by Crippen LogP contribution is 2.13. The topological polar surface area (TPSA) is 59.3 Å². The first-order valence-electron chi connectivity index (χ1n) is 6.55. The summed E-state index contributed by atoms with van der Waals surface area (Å²) in [4.78, 5) is 13.0. The Morgan fingerprint density at radius 2 is 2.10 bits per heavy atom. The van der Waals surface area contributed by atoms with Crippen molar-refractivity contribution >= 4 is 23.9 Å². The van der Waals surface area contributed by atoms with E-state index in [9.17, 15) is 4.79 Å². The van der Waals surface area contributed by atoms with Crippen molar-refractivity contribution in [2.75, 3.05) is 6.26 Å². The van der Waals surface area contributed by atoms with Crippen molar-refractivity contribution in [1.82, 2.24) is 15.2 Å². The number of rotatable bonds is 5. The maximum atomic E-state index is 11.8. The second kappa shape index (κ2) is 7.08. The van der Waals surface area contributed by atoms with Crippen molar-refractivity contribution in [2.24, 2.45) is 5.10 Å². The third-order valence-electron chi connectivity index (χ3n) is 2.92. The van der Waals surface area contributed by atoms with E-state index in [2.05, 4.69) is 15.6 Å². The second-order valence-electron chi connectivity index (χ2n) is 4.65. The molecule has 5 nitrogen and oxygen atoms in total. The molecule has 1 N–H and O–H groups in total. The highest BCUT2D eigenvalue weighted by Gasteiger charge is 2.05. The lowest BCUT2D eigenvalue weighted by molar-refractivity contribution is -0.121. The van der Waals surface area contributed by atoms with Gasteiger partial charge in [0.1, 0.15) is 6.54 Å². The van der Waals surface area contributed by atoms with Gasteiger partial charge in [-0.1, -0.05) is 12.1 Å². The molecule has 0 aliphatic carbocycles. The molecule has 0 spiro atoms. The Kier molecular flexibility index (Phi) is 5.16. The van der Waals surface area contributed by atoms with Crippen LogP contribution in [0.15, 0.2) is 40.3 Å². The van der Waals surface area contributed by atoms with Gasteiger partial charge in [-0.25, -0.2) is 5.43 Å². The molecule has 0 radical (unpaired) electrons. The van der Waals surface area contributed by atoms with Gasteiger partial charge in [0, 0.05) is 10.6 Å². The number of hydrogen-bond acceptors (Lipinski definition) is 4. The van der Waals surface area contributed by atoms with Crippen molar-refractivity contribution in [2.45, 2.75) is 25.3 Å². The number of amides is 1. The van der Waals surface area contributed by atoms with Crippen LogP contribution < -0.4 is 5.43 Å². The van der Waals surface area contributed by atoms with Gasteiger partial charge in [-0.3, -0.25) is 9.48 Å².